The number of rotatable bonds is 7. The van der Waals surface area contributed by atoms with Crippen molar-refractivity contribution in [2.45, 2.75) is 33.7 Å². The van der Waals surface area contributed by atoms with Gasteiger partial charge in [-0.3, -0.25) is 9.20 Å². The van der Waals surface area contributed by atoms with Gasteiger partial charge in [0.05, 0.1) is 6.61 Å². The number of carbonyl (C=O) groups excluding carboxylic acids is 1. The van der Waals surface area contributed by atoms with Crippen LogP contribution in [0.4, 0.5) is 0 Å². The minimum Gasteiger partial charge on any atom is -0.383 e. The van der Waals surface area contributed by atoms with Crippen molar-refractivity contribution in [3.63, 3.8) is 0 Å². The topological polar surface area (TPSA) is 72.6 Å². The highest BCUT2D eigenvalue weighted by atomic mass is 16.5. The molecule has 0 aliphatic rings. The van der Waals surface area contributed by atoms with Crippen LogP contribution in [-0.2, 0) is 17.7 Å². The second kappa shape index (κ2) is 8.26. The first-order chi connectivity index (χ1) is 13.0. The van der Waals surface area contributed by atoms with Gasteiger partial charge in [-0.1, -0.05) is 31.2 Å². The molecule has 0 aliphatic carbocycles. The van der Waals surface area contributed by atoms with Gasteiger partial charge >= 0.3 is 0 Å². The van der Waals surface area contributed by atoms with Gasteiger partial charge in [0.25, 0.3) is 11.7 Å². The number of ether oxygens (including phenoxy) is 1. The molecule has 2 aromatic heterocycles. The van der Waals surface area contributed by atoms with Crippen LogP contribution in [-0.4, -0.2) is 50.7 Å². The Labute approximate surface area is 159 Å². The van der Waals surface area contributed by atoms with Crippen LogP contribution in [0.3, 0.4) is 0 Å². The number of benzene rings is 1. The van der Waals surface area contributed by atoms with Crippen LogP contribution in [0.15, 0.2) is 30.3 Å². The molecule has 3 aromatic rings. The van der Waals surface area contributed by atoms with Crippen molar-refractivity contribution in [2.75, 3.05) is 20.3 Å². The summed E-state index contributed by atoms with van der Waals surface area (Å²) in [5, 5.41) is 8.19. The van der Waals surface area contributed by atoms with E-state index < -0.39 is 0 Å². The van der Waals surface area contributed by atoms with E-state index >= 15 is 0 Å². The molecule has 0 bridgehead atoms. The molecule has 2 heterocycles. The van der Waals surface area contributed by atoms with Crippen LogP contribution in [0.5, 0.6) is 0 Å². The maximum atomic E-state index is 13.2. The van der Waals surface area contributed by atoms with E-state index in [1.807, 2.05) is 19.9 Å². The molecule has 7 heteroatoms. The molecular weight excluding hydrogens is 342 g/mol. The molecular formula is C20H25N5O2. The molecule has 142 valence electrons. The van der Waals surface area contributed by atoms with E-state index in [2.05, 4.69) is 46.4 Å². The molecule has 7 nitrogen and oxygen atoms in total. The summed E-state index contributed by atoms with van der Waals surface area (Å²) in [6, 6.07) is 10.2. The monoisotopic (exact) mass is 367 g/mol. The van der Waals surface area contributed by atoms with Gasteiger partial charge in [-0.05, 0) is 37.5 Å². The normalized spacial score (nSPS) is 11.1. The first-order valence-electron chi connectivity index (χ1n) is 9.09. The summed E-state index contributed by atoms with van der Waals surface area (Å²) < 4.78 is 6.90. The highest BCUT2D eigenvalue weighted by Crippen LogP contribution is 2.13. The van der Waals surface area contributed by atoms with Crippen molar-refractivity contribution >= 4 is 11.7 Å². The Kier molecular flexibility index (Phi) is 5.81. The lowest BCUT2D eigenvalue weighted by Gasteiger charge is -2.22. The number of carbonyl (C=O) groups is 1. The summed E-state index contributed by atoms with van der Waals surface area (Å²) in [5.74, 6) is 0.527. The number of aryl methyl sites for hydroxylation is 3. The number of aromatic nitrogens is 4. The molecule has 0 atom stereocenters. The number of fused-ring (bicyclic) bond motifs is 1. The fourth-order valence-electron chi connectivity index (χ4n) is 3.06. The number of hydrogen-bond acceptors (Lipinski definition) is 5. The largest absolute Gasteiger partial charge is 0.383 e. The third kappa shape index (κ3) is 4.14. The lowest BCUT2D eigenvalue weighted by atomic mass is 10.1. The summed E-state index contributed by atoms with van der Waals surface area (Å²) in [4.78, 5) is 19.3. The Balaban J connectivity index is 1.91. The number of hydrogen-bond donors (Lipinski definition) is 0. The summed E-state index contributed by atoms with van der Waals surface area (Å²) in [5.41, 5.74) is 4.06. The molecule has 0 fully saturated rings. The van der Waals surface area contributed by atoms with Gasteiger partial charge in [-0.2, -0.15) is 0 Å². The predicted octanol–water partition coefficient (Wildman–Crippen LogP) is 2.59. The van der Waals surface area contributed by atoms with Crippen LogP contribution < -0.4 is 0 Å². The van der Waals surface area contributed by atoms with Gasteiger partial charge in [0, 0.05) is 31.6 Å². The molecule has 1 amide bonds. The summed E-state index contributed by atoms with van der Waals surface area (Å²) >= 11 is 0. The molecule has 0 N–H and O–H groups in total. The van der Waals surface area contributed by atoms with Gasteiger partial charge in [0.1, 0.15) is 0 Å². The van der Waals surface area contributed by atoms with Gasteiger partial charge < -0.3 is 9.64 Å². The van der Waals surface area contributed by atoms with E-state index in [1.165, 1.54) is 5.56 Å². The van der Waals surface area contributed by atoms with Crippen molar-refractivity contribution in [3.8, 4) is 0 Å². The molecule has 0 saturated carbocycles. The maximum absolute atomic E-state index is 13.2. The van der Waals surface area contributed by atoms with Crippen LogP contribution in [0.2, 0.25) is 0 Å². The van der Waals surface area contributed by atoms with Crippen LogP contribution in [0.1, 0.15) is 40.1 Å². The van der Waals surface area contributed by atoms with Crippen molar-refractivity contribution in [1.82, 2.24) is 24.5 Å². The van der Waals surface area contributed by atoms with Crippen LogP contribution in [0.25, 0.3) is 5.78 Å². The van der Waals surface area contributed by atoms with Crippen LogP contribution >= 0.6 is 0 Å². The zero-order valence-corrected chi connectivity index (χ0v) is 16.3. The smallest absolute Gasteiger partial charge is 0.292 e. The Morgan fingerprint density at radius 1 is 1.15 bits per heavy atom. The van der Waals surface area contributed by atoms with E-state index in [-0.39, 0.29) is 11.7 Å². The average molecular weight is 367 g/mol. The highest BCUT2D eigenvalue weighted by molar-refractivity contribution is 5.91. The first-order valence-corrected chi connectivity index (χ1v) is 9.09. The molecule has 1 aromatic carbocycles. The highest BCUT2D eigenvalue weighted by Gasteiger charge is 2.23. The van der Waals surface area contributed by atoms with E-state index in [0.29, 0.717) is 25.5 Å². The second-order valence-electron chi connectivity index (χ2n) is 6.59. The standard InChI is InChI=1S/C20H25N5O2/c1-5-16-6-8-17(9-7-16)13-24(10-11-27-4)19(26)18-22-23-20-21-14(2)12-15(3)25(18)20/h6-9,12H,5,10-11,13H2,1-4H3. The minimum atomic E-state index is -0.187. The number of amides is 1. The van der Waals surface area contributed by atoms with E-state index in [4.69, 9.17) is 4.74 Å². The third-order valence-corrected chi connectivity index (χ3v) is 4.54. The zero-order valence-electron chi connectivity index (χ0n) is 16.3. The van der Waals surface area contributed by atoms with Crippen molar-refractivity contribution in [1.29, 1.82) is 0 Å². The van der Waals surface area contributed by atoms with E-state index in [1.54, 1.807) is 16.4 Å². The quantitative estimate of drug-likeness (QED) is 0.642. The third-order valence-electron chi connectivity index (χ3n) is 4.54. The molecule has 0 radical (unpaired) electrons. The summed E-state index contributed by atoms with van der Waals surface area (Å²) in [6.07, 6.45) is 0.990. The second-order valence-corrected chi connectivity index (χ2v) is 6.59. The van der Waals surface area contributed by atoms with Crippen molar-refractivity contribution in [3.05, 3.63) is 58.7 Å². The van der Waals surface area contributed by atoms with Crippen molar-refractivity contribution in [2.24, 2.45) is 0 Å². The SMILES string of the molecule is CCc1ccc(CN(CCOC)C(=O)c2nnc3nc(C)cc(C)n23)cc1. The predicted molar refractivity (Wildman–Crippen MR) is 103 cm³/mol. The van der Waals surface area contributed by atoms with E-state index in [0.717, 1.165) is 23.4 Å². The van der Waals surface area contributed by atoms with E-state index in [9.17, 15) is 4.79 Å². The van der Waals surface area contributed by atoms with Crippen molar-refractivity contribution < 1.29 is 9.53 Å². The average Bonchev–Trinajstić information content (AvgIpc) is 3.09. The molecule has 0 unspecified atom stereocenters. The Morgan fingerprint density at radius 3 is 2.52 bits per heavy atom. The number of methoxy groups -OCH3 is 1. The van der Waals surface area contributed by atoms with Gasteiger partial charge in [0.15, 0.2) is 0 Å². The lowest BCUT2D eigenvalue weighted by Crippen LogP contribution is -2.35. The molecule has 0 spiro atoms. The fourth-order valence-corrected chi connectivity index (χ4v) is 3.06. The Hall–Kier alpha value is -2.80. The van der Waals surface area contributed by atoms with Gasteiger partial charge in [-0.15, -0.1) is 10.2 Å². The fraction of sp³-hybridized carbons (Fsp3) is 0.400. The Bertz CT molecular complexity index is 933. The molecule has 0 aliphatic heterocycles. The first kappa shape index (κ1) is 19.0. The maximum Gasteiger partial charge on any atom is 0.292 e. The lowest BCUT2D eigenvalue weighted by molar-refractivity contribution is 0.0666. The Morgan fingerprint density at radius 2 is 1.85 bits per heavy atom. The zero-order chi connectivity index (χ0) is 19.4. The molecule has 27 heavy (non-hydrogen) atoms. The molecule has 0 saturated heterocycles. The van der Waals surface area contributed by atoms with Gasteiger partial charge in [0.2, 0.25) is 5.82 Å². The summed E-state index contributed by atoms with van der Waals surface area (Å²) in [7, 11) is 1.63. The van der Waals surface area contributed by atoms with Crippen LogP contribution in [0, 0.1) is 13.8 Å². The minimum absolute atomic E-state index is 0.187. The summed E-state index contributed by atoms with van der Waals surface area (Å²) in [6.45, 7) is 7.35. The van der Waals surface area contributed by atoms with Gasteiger partial charge in [-0.25, -0.2) is 4.98 Å². The molecule has 3 rings (SSSR count). The number of nitrogens with zero attached hydrogens (tertiary/aromatic N) is 5.